The van der Waals surface area contributed by atoms with Gasteiger partial charge in [0.25, 0.3) is 0 Å². The molecule has 1 unspecified atom stereocenters. The van der Waals surface area contributed by atoms with Gasteiger partial charge in [0, 0.05) is 0 Å². The van der Waals surface area contributed by atoms with E-state index in [-0.39, 0.29) is 24.8 Å². The van der Waals surface area contributed by atoms with Gasteiger partial charge in [-0.25, -0.2) is 0 Å². The minimum atomic E-state index is -0.811. The van der Waals surface area contributed by atoms with Crippen LogP contribution in [0.2, 0.25) is 0 Å². The summed E-state index contributed by atoms with van der Waals surface area (Å²) in [5, 5.41) is 0.950. The maximum atomic E-state index is 6.84. The van der Waals surface area contributed by atoms with Crippen LogP contribution in [-0.4, -0.2) is 6.04 Å². The Hall–Kier alpha value is -0.527. The normalized spacial score (nSPS) is 20.7. The van der Waals surface area contributed by atoms with Crippen LogP contribution < -0.4 is 29.7 Å². The zero-order chi connectivity index (χ0) is 15.1. The number of hydrogen-bond acceptors (Lipinski definition) is 1. The summed E-state index contributed by atoms with van der Waals surface area (Å²) >= 11 is 6.03. The molecule has 1 heterocycles. The molecular weight excluding hydrogens is 440 g/mol. The minimum Gasteiger partial charge on any atom is -1.00 e. The third kappa shape index (κ3) is 3.53. The molecule has 0 spiro atoms. The number of anilines is 1. The van der Waals surface area contributed by atoms with Crippen LogP contribution in [-0.2, 0) is 23.2 Å². The Morgan fingerprint density at radius 2 is 1.92 bits per heavy atom. The zero-order valence-corrected chi connectivity index (χ0v) is 17.9. The molecule has 0 radical (unpaired) electrons. The number of halogens is 3. The zero-order valence-electron chi connectivity index (χ0n) is 13.1. The number of nitrogens with zero attached hydrogens (tertiary/aromatic N) is 1. The standard InChI is InChI=1S/C14H11ClN.C5H5.2ClH.Zr/c1-10-7-11-9-14(15)16(13(11)8-10)12-5-3-2-4-6-12;1-2-4-5-3-1;;;/h2-8,13H,1H3;1-3H,4H2;2*1H;/q;;;;+2/p-2. The van der Waals surface area contributed by atoms with Crippen LogP contribution in [0.25, 0.3) is 0 Å². The quantitative estimate of drug-likeness (QED) is 0.534. The van der Waals surface area contributed by atoms with Crippen molar-refractivity contribution in [3.8, 4) is 0 Å². The maximum Gasteiger partial charge on any atom is -1.00 e. The summed E-state index contributed by atoms with van der Waals surface area (Å²) in [6, 6.07) is 10.8. The van der Waals surface area contributed by atoms with Crippen molar-refractivity contribution >= 4 is 17.3 Å². The average molecular weight is 456 g/mol. The third-order valence-electron chi connectivity index (χ3n) is 4.20. The van der Waals surface area contributed by atoms with Crippen LogP contribution in [0.5, 0.6) is 0 Å². The Labute approximate surface area is 172 Å². The fraction of sp³-hybridized carbons (Fsp3) is 0.158. The van der Waals surface area contributed by atoms with Crippen molar-refractivity contribution < 1.29 is 48.0 Å². The molecule has 0 saturated carbocycles. The van der Waals surface area contributed by atoms with Gasteiger partial charge < -0.3 is 24.8 Å². The number of allylic oxidation sites excluding steroid dienone is 6. The van der Waals surface area contributed by atoms with Gasteiger partial charge in [0.05, 0.1) is 0 Å². The number of benzene rings is 1. The van der Waals surface area contributed by atoms with Gasteiger partial charge in [-0.1, -0.05) is 0 Å². The van der Waals surface area contributed by atoms with Gasteiger partial charge in [0.2, 0.25) is 0 Å². The second kappa shape index (κ2) is 8.23. The summed E-state index contributed by atoms with van der Waals surface area (Å²) in [6.07, 6.45) is 12.5. The summed E-state index contributed by atoms with van der Waals surface area (Å²) in [5.41, 5.74) is 3.97. The molecule has 2 aliphatic carbocycles. The molecule has 122 valence electrons. The fourth-order valence-electron chi connectivity index (χ4n) is 3.20. The molecule has 3 aliphatic rings. The minimum absolute atomic E-state index is 0. The van der Waals surface area contributed by atoms with Crippen LogP contribution in [0.1, 0.15) is 13.3 Å². The van der Waals surface area contributed by atoms with Crippen molar-refractivity contribution in [2.24, 2.45) is 0 Å². The first-order valence-electron chi connectivity index (χ1n) is 7.51. The van der Waals surface area contributed by atoms with Gasteiger partial charge in [-0.05, 0) is 0 Å². The van der Waals surface area contributed by atoms with Gasteiger partial charge in [0.15, 0.2) is 0 Å². The van der Waals surface area contributed by atoms with Gasteiger partial charge >= 0.3 is 148 Å². The third-order valence-corrected chi connectivity index (χ3v) is 8.57. The van der Waals surface area contributed by atoms with Crippen molar-refractivity contribution in [2.45, 2.75) is 19.4 Å². The van der Waals surface area contributed by atoms with Crippen molar-refractivity contribution in [1.29, 1.82) is 0 Å². The second-order valence-corrected chi connectivity index (χ2v) is 9.56. The number of rotatable bonds is 3. The predicted octanol–water partition coefficient (Wildman–Crippen LogP) is -0.896. The van der Waals surface area contributed by atoms with Crippen LogP contribution in [0.15, 0.2) is 83.6 Å². The summed E-state index contributed by atoms with van der Waals surface area (Å²) in [6.45, 7) is 2.18. The van der Waals surface area contributed by atoms with E-state index in [0.717, 1.165) is 11.6 Å². The Bertz CT molecular complexity index is 775. The van der Waals surface area contributed by atoms with Crippen molar-refractivity contribution in [3.05, 3.63) is 83.6 Å². The summed E-state index contributed by atoms with van der Waals surface area (Å²) in [7, 11) is 0. The van der Waals surface area contributed by atoms with Crippen molar-refractivity contribution in [2.75, 3.05) is 4.90 Å². The van der Waals surface area contributed by atoms with Crippen molar-refractivity contribution in [1.82, 2.24) is 0 Å². The molecule has 0 saturated heterocycles. The Kier molecular flexibility index (Phi) is 6.79. The van der Waals surface area contributed by atoms with E-state index in [4.69, 9.17) is 11.6 Å². The SMILES string of the molecule is CC1=CC2C(=C1)[C]([Zr+2][C]1=CC=CC1)=C(Cl)N2c1ccccc1.[Cl-].[Cl-]. The van der Waals surface area contributed by atoms with Gasteiger partial charge in [-0.3, -0.25) is 0 Å². The molecule has 1 aliphatic heterocycles. The van der Waals surface area contributed by atoms with E-state index in [2.05, 4.69) is 72.5 Å². The first-order chi connectivity index (χ1) is 10.7. The maximum absolute atomic E-state index is 6.84. The molecule has 4 rings (SSSR count). The first-order valence-corrected chi connectivity index (χ1v) is 10.3. The van der Waals surface area contributed by atoms with Gasteiger partial charge in [-0.2, -0.15) is 0 Å². The van der Waals surface area contributed by atoms with E-state index in [1.54, 1.807) is 3.28 Å². The number of fused-ring (bicyclic) bond motifs is 1. The molecular formula is C19H16Cl3NZr. The van der Waals surface area contributed by atoms with E-state index in [1.807, 2.05) is 0 Å². The van der Waals surface area contributed by atoms with Crippen molar-refractivity contribution in [3.63, 3.8) is 0 Å². The molecule has 24 heavy (non-hydrogen) atoms. The van der Waals surface area contributed by atoms with Crippen LogP contribution in [0, 0.1) is 0 Å². The van der Waals surface area contributed by atoms with E-state index in [1.165, 1.54) is 20.1 Å². The van der Waals surface area contributed by atoms with E-state index in [9.17, 15) is 0 Å². The molecule has 1 aromatic carbocycles. The smallest absolute Gasteiger partial charge is 1.00 e. The summed E-state index contributed by atoms with van der Waals surface area (Å²) in [5.74, 6) is 0. The average Bonchev–Trinajstić information content (AvgIpc) is 3.20. The predicted molar refractivity (Wildman–Crippen MR) is 89.3 cm³/mol. The largest absolute Gasteiger partial charge is 1.00 e. The molecule has 1 aromatic rings. The Balaban J connectivity index is 0.00000104. The van der Waals surface area contributed by atoms with Crippen LogP contribution in [0.4, 0.5) is 5.69 Å². The molecule has 0 aromatic heterocycles. The van der Waals surface area contributed by atoms with Crippen LogP contribution in [0.3, 0.4) is 0 Å². The number of para-hydroxylation sites is 1. The summed E-state index contributed by atoms with van der Waals surface area (Å²) < 4.78 is 3.05. The summed E-state index contributed by atoms with van der Waals surface area (Å²) in [4.78, 5) is 2.29. The monoisotopic (exact) mass is 453 g/mol. The molecule has 1 nitrogen and oxygen atoms in total. The topological polar surface area (TPSA) is 3.24 Å². The fourth-order valence-corrected chi connectivity index (χ4v) is 7.01. The Morgan fingerprint density at radius 1 is 1.17 bits per heavy atom. The van der Waals surface area contributed by atoms with E-state index in [0.29, 0.717) is 6.04 Å². The van der Waals surface area contributed by atoms with E-state index < -0.39 is 23.2 Å². The molecule has 0 bridgehead atoms. The molecule has 0 fully saturated rings. The first kappa shape index (κ1) is 19.8. The van der Waals surface area contributed by atoms with Crippen LogP contribution >= 0.6 is 11.6 Å². The molecule has 0 amide bonds. The molecule has 1 atom stereocenters. The number of hydrogen-bond donors (Lipinski definition) is 0. The van der Waals surface area contributed by atoms with Gasteiger partial charge in [0.1, 0.15) is 0 Å². The van der Waals surface area contributed by atoms with E-state index >= 15 is 0 Å². The molecule has 0 N–H and O–H groups in total. The van der Waals surface area contributed by atoms with Gasteiger partial charge in [-0.15, -0.1) is 0 Å². The second-order valence-electron chi connectivity index (χ2n) is 5.78. The Morgan fingerprint density at radius 3 is 2.58 bits per heavy atom. The molecule has 5 heteroatoms.